The van der Waals surface area contributed by atoms with Crippen molar-refractivity contribution in [3.63, 3.8) is 0 Å². The maximum absolute atomic E-state index is 10.8. The topological polar surface area (TPSA) is 112 Å². The number of carbonyl (C=O) groups is 3. The quantitative estimate of drug-likeness (QED) is 0.531. The molecule has 0 saturated carbocycles. The summed E-state index contributed by atoms with van der Waals surface area (Å²) in [5.41, 5.74) is -3.08. The predicted octanol–water partition coefficient (Wildman–Crippen LogP) is 0.0267. The smallest absolute Gasteiger partial charge is 0.320 e. The van der Waals surface area contributed by atoms with E-state index < -0.39 is 43.0 Å². The largest absolute Gasteiger partial charge is 0.481 e. The summed E-state index contributed by atoms with van der Waals surface area (Å²) >= 11 is 0. The fourth-order valence-corrected chi connectivity index (χ4v) is 0.600. The first-order valence-electron chi connectivity index (χ1n) is 4.74. The highest BCUT2D eigenvalue weighted by molar-refractivity contribution is 5.97. The highest BCUT2D eigenvalue weighted by atomic mass is 16.4. The van der Waals surface area contributed by atoms with Gasteiger partial charge in [0, 0.05) is 10.5 Å². The van der Waals surface area contributed by atoms with Crippen molar-refractivity contribution in [2.45, 2.75) is 19.7 Å². The van der Waals surface area contributed by atoms with E-state index in [4.69, 9.17) is 19.4 Å². The lowest BCUT2D eigenvalue weighted by atomic mass is 9.86. The second-order valence-electron chi connectivity index (χ2n) is 2.41. The molecule has 0 amide bonds. The molecular formula is C7H10O6. The van der Waals surface area contributed by atoms with Crippen molar-refractivity contribution >= 4 is 17.9 Å². The van der Waals surface area contributed by atoms with Crippen molar-refractivity contribution in [3.8, 4) is 0 Å². The SMILES string of the molecule is [2H]C([2H])([2H])C(CCC(=O)O)(C(=O)O)C(=O)O. The molecule has 0 atom stereocenters. The van der Waals surface area contributed by atoms with Crippen molar-refractivity contribution in [2.24, 2.45) is 5.41 Å². The van der Waals surface area contributed by atoms with Crippen LogP contribution in [0.4, 0.5) is 0 Å². The Bertz CT molecular complexity index is 307. The Morgan fingerprint density at radius 2 is 1.69 bits per heavy atom. The lowest BCUT2D eigenvalue weighted by Crippen LogP contribution is -2.36. The number of hydrogen-bond acceptors (Lipinski definition) is 3. The lowest BCUT2D eigenvalue weighted by Gasteiger charge is -2.17. The average molecular weight is 193 g/mol. The van der Waals surface area contributed by atoms with Crippen LogP contribution in [0.15, 0.2) is 0 Å². The highest BCUT2D eigenvalue weighted by Crippen LogP contribution is 2.23. The molecule has 0 bridgehead atoms. The molecule has 0 spiro atoms. The highest BCUT2D eigenvalue weighted by Gasteiger charge is 2.41. The minimum atomic E-state index is -3.32. The van der Waals surface area contributed by atoms with Gasteiger partial charge in [0.25, 0.3) is 0 Å². The van der Waals surface area contributed by atoms with Crippen LogP contribution in [0.25, 0.3) is 0 Å². The molecule has 3 N–H and O–H groups in total. The Labute approximate surface area is 78.0 Å². The van der Waals surface area contributed by atoms with E-state index in [1.165, 1.54) is 0 Å². The Balaban J connectivity index is 5.38. The molecule has 6 nitrogen and oxygen atoms in total. The minimum absolute atomic E-state index is 0.850. The van der Waals surface area contributed by atoms with E-state index in [0.717, 1.165) is 0 Å². The van der Waals surface area contributed by atoms with Gasteiger partial charge in [-0.05, 0) is 13.3 Å². The summed E-state index contributed by atoms with van der Waals surface area (Å²) in [5.74, 6) is -5.60. The monoisotopic (exact) mass is 193 g/mol. The van der Waals surface area contributed by atoms with Crippen molar-refractivity contribution < 1.29 is 33.8 Å². The molecule has 6 heteroatoms. The second kappa shape index (κ2) is 3.88. The van der Waals surface area contributed by atoms with Gasteiger partial charge in [-0.1, -0.05) is 0 Å². The zero-order chi connectivity index (χ0) is 13.1. The Morgan fingerprint density at radius 3 is 1.92 bits per heavy atom. The van der Waals surface area contributed by atoms with Gasteiger partial charge in [-0.25, -0.2) is 0 Å². The van der Waals surface area contributed by atoms with Crippen molar-refractivity contribution in [2.75, 3.05) is 0 Å². The summed E-state index contributed by atoms with van der Waals surface area (Å²) in [7, 11) is 0. The molecule has 0 aromatic carbocycles. The van der Waals surface area contributed by atoms with Crippen LogP contribution in [-0.4, -0.2) is 33.2 Å². The van der Waals surface area contributed by atoms with Crippen LogP contribution in [-0.2, 0) is 14.4 Å². The molecule has 0 saturated heterocycles. The minimum Gasteiger partial charge on any atom is -0.481 e. The number of rotatable bonds is 5. The van der Waals surface area contributed by atoms with Gasteiger partial charge in [0.05, 0.1) is 0 Å². The van der Waals surface area contributed by atoms with Gasteiger partial charge < -0.3 is 15.3 Å². The van der Waals surface area contributed by atoms with Crippen molar-refractivity contribution in [3.05, 3.63) is 0 Å². The summed E-state index contributed by atoms with van der Waals surface area (Å²) in [6, 6.07) is 0. The van der Waals surface area contributed by atoms with E-state index in [1.54, 1.807) is 0 Å². The maximum atomic E-state index is 10.8. The fourth-order valence-electron chi connectivity index (χ4n) is 0.600. The normalized spacial score (nSPS) is 15.2. The molecule has 0 rings (SSSR count). The predicted molar refractivity (Wildman–Crippen MR) is 40.2 cm³/mol. The van der Waals surface area contributed by atoms with Crippen LogP contribution in [0.2, 0.25) is 0 Å². The third-order valence-corrected chi connectivity index (χ3v) is 1.44. The lowest BCUT2D eigenvalue weighted by molar-refractivity contribution is -0.164. The standard InChI is InChI=1S/C7H10O6/c1-7(5(10)11,6(12)13)3-2-4(8)9/h2-3H2,1H3,(H,8,9)(H,10,11)(H,12,13)/i1D3. The van der Waals surface area contributed by atoms with Crippen molar-refractivity contribution in [1.29, 1.82) is 0 Å². The van der Waals surface area contributed by atoms with E-state index in [2.05, 4.69) is 0 Å². The molecule has 0 heterocycles. The van der Waals surface area contributed by atoms with Gasteiger partial charge in [-0.15, -0.1) is 0 Å². The van der Waals surface area contributed by atoms with Crippen LogP contribution in [0, 0.1) is 5.41 Å². The van der Waals surface area contributed by atoms with Gasteiger partial charge in [-0.2, -0.15) is 0 Å². The Kier molecular flexibility index (Phi) is 2.05. The van der Waals surface area contributed by atoms with Crippen LogP contribution in [0.1, 0.15) is 23.8 Å². The number of carboxylic acids is 3. The molecule has 0 aromatic heterocycles. The first-order valence-corrected chi connectivity index (χ1v) is 3.24. The Morgan fingerprint density at radius 1 is 1.23 bits per heavy atom. The molecular weight excluding hydrogens is 180 g/mol. The van der Waals surface area contributed by atoms with Gasteiger partial charge in [-0.3, -0.25) is 14.4 Å². The van der Waals surface area contributed by atoms with Crippen LogP contribution >= 0.6 is 0 Å². The molecule has 0 aliphatic carbocycles. The van der Waals surface area contributed by atoms with E-state index in [-0.39, 0.29) is 0 Å². The van der Waals surface area contributed by atoms with Crippen LogP contribution < -0.4 is 0 Å². The fraction of sp³-hybridized carbons (Fsp3) is 0.571. The van der Waals surface area contributed by atoms with Crippen LogP contribution in [0.3, 0.4) is 0 Å². The van der Waals surface area contributed by atoms with Gasteiger partial charge in [0.1, 0.15) is 0 Å². The van der Waals surface area contributed by atoms with Crippen LogP contribution in [0.5, 0.6) is 0 Å². The molecule has 0 aromatic rings. The summed E-state index contributed by atoms with van der Waals surface area (Å²) in [4.78, 5) is 31.8. The average Bonchev–Trinajstić information content (AvgIpc) is 1.99. The maximum Gasteiger partial charge on any atom is 0.320 e. The molecule has 13 heavy (non-hydrogen) atoms. The first-order chi connectivity index (χ1) is 7.05. The summed E-state index contributed by atoms with van der Waals surface area (Å²) in [6.45, 7) is -3.32. The second-order valence-corrected chi connectivity index (χ2v) is 2.41. The number of aliphatic carboxylic acids is 3. The molecule has 0 unspecified atom stereocenters. The van der Waals surface area contributed by atoms with Gasteiger partial charge in [0.15, 0.2) is 5.41 Å². The summed E-state index contributed by atoms with van der Waals surface area (Å²) in [5, 5.41) is 25.8. The van der Waals surface area contributed by atoms with E-state index in [1.807, 2.05) is 0 Å². The van der Waals surface area contributed by atoms with E-state index in [9.17, 15) is 14.4 Å². The zero-order valence-corrected chi connectivity index (χ0v) is 6.48. The van der Waals surface area contributed by atoms with Crippen molar-refractivity contribution in [1.82, 2.24) is 0 Å². The van der Waals surface area contributed by atoms with E-state index >= 15 is 0 Å². The molecule has 0 radical (unpaired) electrons. The number of carboxylic acid groups (broad SMARTS) is 3. The zero-order valence-electron chi connectivity index (χ0n) is 9.48. The molecule has 0 aliphatic heterocycles. The van der Waals surface area contributed by atoms with E-state index in [0.29, 0.717) is 0 Å². The third kappa shape index (κ3) is 2.73. The van der Waals surface area contributed by atoms with Gasteiger partial charge >= 0.3 is 17.9 Å². The molecule has 0 aliphatic rings. The number of hydrogen-bond donors (Lipinski definition) is 3. The molecule has 74 valence electrons. The summed E-state index contributed by atoms with van der Waals surface area (Å²) in [6.07, 6.45) is -1.85. The third-order valence-electron chi connectivity index (χ3n) is 1.44. The molecule has 0 fully saturated rings. The Hall–Kier alpha value is -1.59. The first kappa shape index (κ1) is 6.88. The van der Waals surface area contributed by atoms with Gasteiger partial charge in [0.2, 0.25) is 0 Å². The summed E-state index contributed by atoms with van der Waals surface area (Å²) < 4.78 is 20.8.